The summed E-state index contributed by atoms with van der Waals surface area (Å²) in [5, 5.41) is 0.844. The number of rotatable bonds is 2. The number of aromatic amines is 1. The lowest BCUT2D eigenvalue weighted by molar-refractivity contribution is 0.869. The van der Waals surface area contributed by atoms with Crippen molar-refractivity contribution in [3.05, 3.63) is 40.3 Å². The van der Waals surface area contributed by atoms with Crippen LogP contribution in [0.25, 0.3) is 11.3 Å². The van der Waals surface area contributed by atoms with E-state index in [2.05, 4.69) is 16.0 Å². The van der Waals surface area contributed by atoms with E-state index in [-0.39, 0.29) is 0 Å². The molecular weight excluding hydrogens is 234 g/mol. The number of hydrogen-bond acceptors (Lipinski definition) is 2. The van der Waals surface area contributed by atoms with Crippen LogP contribution in [-0.4, -0.2) is 16.5 Å². The predicted molar refractivity (Wildman–Crippen MR) is 69.2 cm³/mol. The van der Waals surface area contributed by atoms with Crippen LogP contribution < -0.4 is 5.73 Å². The zero-order valence-corrected chi connectivity index (χ0v) is 10.2. The van der Waals surface area contributed by atoms with Gasteiger partial charge in [-0.3, -0.25) is 0 Å². The van der Waals surface area contributed by atoms with E-state index in [1.165, 1.54) is 16.8 Å². The maximum Gasteiger partial charge on any atom is 0.108 e. The molecule has 2 aromatic rings. The first-order valence-corrected chi connectivity index (χ1v) is 6.23. The zero-order chi connectivity index (χ0) is 11.8. The van der Waals surface area contributed by atoms with Gasteiger partial charge < -0.3 is 10.7 Å². The summed E-state index contributed by atoms with van der Waals surface area (Å²) in [4.78, 5) is 7.99. The number of nitrogens with one attached hydrogen (secondary N) is 1. The highest BCUT2D eigenvalue weighted by molar-refractivity contribution is 6.31. The smallest absolute Gasteiger partial charge is 0.108 e. The Kier molecular flexibility index (Phi) is 2.65. The fourth-order valence-corrected chi connectivity index (χ4v) is 2.68. The Morgan fingerprint density at radius 1 is 1.35 bits per heavy atom. The van der Waals surface area contributed by atoms with Gasteiger partial charge in [-0.05, 0) is 31.0 Å². The van der Waals surface area contributed by atoms with Crippen molar-refractivity contribution in [2.75, 3.05) is 6.54 Å². The molecule has 0 atom stereocenters. The molecule has 0 unspecified atom stereocenters. The second-order valence-corrected chi connectivity index (χ2v) is 4.72. The summed E-state index contributed by atoms with van der Waals surface area (Å²) in [5.41, 5.74) is 10.2. The normalized spacial score (nSPS) is 13.3. The number of aromatic nitrogens is 2. The van der Waals surface area contributed by atoms with Crippen LogP contribution >= 0.6 is 11.6 Å². The molecule has 0 bridgehead atoms. The molecule has 3 N–H and O–H groups in total. The van der Waals surface area contributed by atoms with Gasteiger partial charge in [0.15, 0.2) is 0 Å². The van der Waals surface area contributed by atoms with Crippen LogP contribution in [0.1, 0.15) is 17.1 Å². The fourth-order valence-electron chi connectivity index (χ4n) is 2.41. The lowest BCUT2D eigenvalue weighted by Crippen LogP contribution is -2.04. The minimum absolute atomic E-state index is 0.620. The van der Waals surface area contributed by atoms with Gasteiger partial charge in [0.2, 0.25) is 0 Å². The van der Waals surface area contributed by atoms with Crippen molar-refractivity contribution in [2.24, 2.45) is 5.73 Å². The molecule has 88 valence electrons. The van der Waals surface area contributed by atoms with E-state index in [9.17, 15) is 0 Å². The van der Waals surface area contributed by atoms with Gasteiger partial charge >= 0.3 is 0 Å². The predicted octanol–water partition coefficient (Wildman–Crippen LogP) is 2.33. The largest absolute Gasteiger partial charge is 0.345 e. The quantitative estimate of drug-likeness (QED) is 0.856. The highest BCUT2D eigenvalue weighted by Gasteiger charge is 2.21. The van der Waals surface area contributed by atoms with E-state index in [1.807, 2.05) is 12.1 Å². The Hall–Kier alpha value is -1.32. The molecule has 3 nitrogen and oxygen atoms in total. The highest BCUT2D eigenvalue weighted by Crippen LogP contribution is 2.35. The summed E-state index contributed by atoms with van der Waals surface area (Å²) in [6, 6.07) is 6.01. The van der Waals surface area contributed by atoms with Gasteiger partial charge in [-0.2, -0.15) is 0 Å². The van der Waals surface area contributed by atoms with Crippen molar-refractivity contribution in [2.45, 2.75) is 19.3 Å². The van der Waals surface area contributed by atoms with Crippen molar-refractivity contribution >= 4 is 11.6 Å². The molecule has 3 rings (SSSR count). The van der Waals surface area contributed by atoms with Crippen LogP contribution in [0.5, 0.6) is 0 Å². The maximum atomic E-state index is 6.22. The van der Waals surface area contributed by atoms with Crippen LogP contribution in [-0.2, 0) is 19.3 Å². The second-order valence-electron chi connectivity index (χ2n) is 4.32. The van der Waals surface area contributed by atoms with Crippen LogP contribution in [0.4, 0.5) is 0 Å². The molecule has 0 saturated carbocycles. The SMILES string of the molecule is NCCc1nc2c([nH]1)CCc1c(Cl)cccc1-2. The molecule has 1 heterocycles. The Bertz CT molecular complexity index is 560. The van der Waals surface area contributed by atoms with Gasteiger partial charge in [-0.1, -0.05) is 23.7 Å². The third-order valence-electron chi connectivity index (χ3n) is 3.21. The summed E-state index contributed by atoms with van der Waals surface area (Å²) in [7, 11) is 0. The molecule has 0 fully saturated rings. The molecule has 0 aliphatic heterocycles. The van der Waals surface area contributed by atoms with Gasteiger partial charge in [0, 0.05) is 22.7 Å². The van der Waals surface area contributed by atoms with Crippen LogP contribution in [0.3, 0.4) is 0 Å². The summed E-state index contributed by atoms with van der Waals surface area (Å²) in [6.07, 6.45) is 2.75. The summed E-state index contributed by atoms with van der Waals surface area (Å²) in [5.74, 6) is 0.977. The Morgan fingerprint density at radius 2 is 2.24 bits per heavy atom. The Morgan fingerprint density at radius 3 is 3.06 bits per heavy atom. The summed E-state index contributed by atoms with van der Waals surface area (Å²) < 4.78 is 0. The van der Waals surface area contributed by atoms with Crippen molar-refractivity contribution in [1.82, 2.24) is 9.97 Å². The molecule has 1 aromatic heterocycles. The molecular formula is C13H14ClN3. The standard InChI is InChI=1S/C13H14ClN3/c14-10-3-1-2-9-8(10)4-5-11-13(9)17-12(16-11)6-7-15/h1-3H,4-7,15H2,(H,16,17). The number of halogens is 1. The number of nitrogens with two attached hydrogens (primary N) is 1. The lowest BCUT2D eigenvalue weighted by Gasteiger charge is -2.15. The Balaban J connectivity index is 2.12. The first-order chi connectivity index (χ1) is 8.29. The minimum Gasteiger partial charge on any atom is -0.345 e. The third-order valence-corrected chi connectivity index (χ3v) is 3.56. The van der Waals surface area contributed by atoms with E-state index < -0.39 is 0 Å². The second kappa shape index (κ2) is 4.17. The average molecular weight is 248 g/mol. The number of fused-ring (bicyclic) bond motifs is 3. The van der Waals surface area contributed by atoms with Crippen LogP contribution in [0.15, 0.2) is 18.2 Å². The van der Waals surface area contributed by atoms with E-state index in [0.29, 0.717) is 6.54 Å². The lowest BCUT2D eigenvalue weighted by atomic mass is 9.92. The maximum absolute atomic E-state index is 6.22. The van der Waals surface area contributed by atoms with Crippen LogP contribution in [0.2, 0.25) is 5.02 Å². The molecule has 0 spiro atoms. The van der Waals surface area contributed by atoms with E-state index in [4.69, 9.17) is 17.3 Å². The van der Waals surface area contributed by atoms with Gasteiger partial charge in [-0.15, -0.1) is 0 Å². The molecule has 1 aromatic carbocycles. The van der Waals surface area contributed by atoms with Crippen LogP contribution in [0, 0.1) is 0 Å². The third kappa shape index (κ3) is 1.75. The van der Waals surface area contributed by atoms with Crippen molar-refractivity contribution < 1.29 is 0 Å². The number of H-pyrrole nitrogens is 1. The molecule has 0 radical (unpaired) electrons. The minimum atomic E-state index is 0.620. The molecule has 1 aliphatic rings. The number of aryl methyl sites for hydroxylation is 1. The number of hydrogen-bond donors (Lipinski definition) is 2. The highest BCUT2D eigenvalue weighted by atomic mass is 35.5. The van der Waals surface area contributed by atoms with Gasteiger partial charge in [0.05, 0.1) is 5.69 Å². The van der Waals surface area contributed by atoms with E-state index in [1.54, 1.807) is 0 Å². The van der Waals surface area contributed by atoms with Crippen molar-refractivity contribution in [1.29, 1.82) is 0 Å². The number of imidazole rings is 1. The van der Waals surface area contributed by atoms with Gasteiger partial charge in [0.1, 0.15) is 5.82 Å². The molecule has 17 heavy (non-hydrogen) atoms. The van der Waals surface area contributed by atoms with Gasteiger partial charge in [0.25, 0.3) is 0 Å². The first-order valence-electron chi connectivity index (χ1n) is 5.85. The van der Waals surface area contributed by atoms with Crippen molar-refractivity contribution in [3.8, 4) is 11.3 Å². The molecule has 0 amide bonds. The monoisotopic (exact) mass is 247 g/mol. The van der Waals surface area contributed by atoms with Crippen molar-refractivity contribution in [3.63, 3.8) is 0 Å². The molecule has 4 heteroatoms. The summed E-state index contributed by atoms with van der Waals surface area (Å²) >= 11 is 6.22. The van der Waals surface area contributed by atoms with E-state index >= 15 is 0 Å². The van der Waals surface area contributed by atoms with E-state index in [0.717, 1.165) is 35.8 Å². The number of nitrogens with zero attached hydrogens (tertiary/aromatic N) is 1. The zero-order valence-electron chi connectivity index (χ0n) is 9.46. The average Bonchev–Trinajstić information content (AvgIpc) is 2.73. The van der Waals surface area contributed by atoms with Gasteiger partial charge in [-0.25, -0.2) is 4.98 Å². The summed E-state index contributed by atoms with van der Waals surface area (Å²) in [6.45, 7) is 0.620. The number of benzene rings is 1. The molecule has 0 saturated heterocycles. The fraction of sp³-hybridized carbons (Fsp3) is 0.308. The topological polar surface area (TPSA) is 54.7 Å². The Labute approximate surface area is 105 Å². The first kappa shape index (κ1) is 10.8. The molecule has 1 aliphatic carbocycles.